The van der Waals surface area contributed by atoms with Crippen LogP contribution in [0, 0.1) is 11.7 Å². The SMILES string of the molecule is O=C(CN1CCCC(C(=O)O)C1)Nc1cc(Cl)ccc1F. The van der Waals surface area contributed by atoms with Gasteiger partial charge in [-0.3, -0.25) is 14.5 Å². The number of carbonyl (C=O) groups excluding carboxylic acids is 1. The average Bonchev–Trinajstić information content (AvgIpc) is 2.43. The van der Waals surface area contributed by atoms with E-state index in [0.29, 0.717) is 24.5 Å². The van der Waals surface area contributed by atoms with Crippen LogP contribution in [-0.4, -0.2) is 41.5 Å². The van der Waals surface area contributed by atoms with Crippen LogP contribution in [0.1, 0.15) is 12.8 Å². The molecular formula is C14H16ClFN2O3. The highest BCUT2D eigenvalue weighted by atomic mass is 35.5. The molecule has 2 rings (SSSR count). The van der Waals surface area contributed by atoms with E-state index < -0.39 is 17.7 Å². The molecule has 1 aromatic carbocycles. The summed E-state index contributed by atoms with van der Waals surface area (Å²) in [5.41, 5.74) is 0.0271. The first-order valence-electron chi connectivity index (χ1n) is 6.66. The first-order valence-corrected chi connectivity index (χ1v) is 7.03. The van der Waals surface area contributed by atoms with Gasteiger partial charge in [-0.25, -0.2) is 4.39 Å². The summed E-state index contributed by atoms with van der Waals surface area (Å²) >= 11 is 5.75. The van der Waals surface area contributed by atoms with Gasteiger partial charge in [-0.1, -0.05) is 11.6 Å². The van der Waals surface area contributed by atoms with Gasteiger partial charge in [0.1, 0.15) is 5.82 Å². The topological polar surface area (TPSA) is 69.6 Å². The molecular weight excluding hydrogens is 299 g/mol. The third-order valence-electron chi connectivity index (χ3n) is 3.42. The molecule has 7 heteroatoms. The highest BCUT2D eigenvalue weighted by Gasteiger charge is 2.26. The minimum atomic E-state index is -0.846. The van der Waals surface area contributed by atoms with E-state index in [4.69, 9.17) is 16.7 Å². The summed E-state index contributed by atoms with van der Waals surface area (Å²) in [6.07, 6.45) is 1.35. The summed E-state index contributed by atoms with van der Waals surface area (Å²) in [7, 11) is 0. The van der Waals surface area contributed by atoms with E-state index in [1.807, 2.05) is 0 Å². The maximum absolute atomic E-state index is 13.5. The van der Waals surface area contributed by atoms with Gasteiger partial charge in [0.25, 0.3) is 0 Å². The zero-order valence-electron chi connectivity index (χ0n) is 11.3. The van der Waals surface area contributed by atoms with Crippen LogP contribution in [0.5, 0.6) is 0 Å². The third-order valence-corrected chi connectivity index (χ3v) is 3.66. The Kier molecular flexibility index (Phi) is 5.14. The number of anilines is 1. The highest BCUT2D eigenvalue weighted by molar-refractivity contribution is 6.30. The normalized spacial score (nSPS) is 19.2. The second-order valence-corrected chi connectivity index (χ2v) is 5.52. The van der Waals surface area contributed by atoms with Gasteiger partial charge in [0.2, 0.25) is 5.91 Å². The first-order chi connectivity index (χ1) is 9.95. The van der Waals surface area contributed by atoms with Gasteiger partial charge in [-0.05, 0) is 37.6 Å². The second-order valence-electron chi connectivity index (χ2n) is 5.08. The number of piperidine rings is 1. The molecule has 2 N–H and O–H groups in total. The number of hydrogen-bond donors (Lipinski definition) is 2. The van der Waals surface area contributed by atoms with E-state index in [0.717, 1.165) is 6.42 Å². The lowest BCUT2D eigenvalue weighted by molar-refractivity contribution is -0.144. The van der Waals surface area contributed by atoms with Crippen LogP contribution in [0.4, 0.5) is 10.1 Å². The minimum Gasteiger partial charge on any atom is -0.481 e. The number of amides is 1. The molecule has 1 saturated heterocycles. The summed E-state index contributed by atoms with van der Waals surface area (Å²) in [6.45, 7) is 1.03. The van der Waals surface area contributed by atoms with E-state index in [2.05, 4.69) is 5.32 Å². The minimum absolute atomic E-state index is 0.0271. The van der Waals surface area contributed by atoms with Gasteiger partial charge < -0.3 is 10.4 Å². The fourth-order valence-corrected chi connectivity index (χ4v) is 2.56. The molecule has 114 valence electrons. The maximum atomic E-state index is 13.5. The van der Waals surface area contributed by atoms with E-state index >= 15 is 0 Å². The quantitative estimate of drug-likeness (QED) is 0.894. The number of aliphatic carboxylic acids is 1. The third kappa shape index (κ3) is 4.41. The van der Waals surface area contributed by atoms with Crippen LogP contribution in [-0.2, 0) is 9.59 Å². The van der Waals surface area contributed by atoms with Crippen molar-refractivity contribution in [2.24, 2.45) is 5.92 Å². The van der Waals surface area contributed by atoms with Crippen LogP contribution in [0.15, 0.2) is 18.2 Å². The van der Waals surface area contributed by atoms with Crippen LogP contribution in [0.2, 0.25) is 5.02 Å². The fraction of sp³-hybridized carbons (Fsp3) is 0.429. The average molecular weight is 315 g/mol. The smallest absolute Gasteiger partial charge is 0.307 e. The summed E-state index contributed by atoms with van der Waals surface area (Å²) in [4.78, 5) is 24.6. The molecule has 1 heterocycles. The molecule has 21 heavy (non-hydrogen) atoms. The molecule has 0 spiro atoms. The van der Waals surface area contributed by atoms with Crippen molar-refractivity contribution < 1.29 is 19.1 Å². The van der Waals surface area contributed by atoms with E-state index in [1.54, 1.807) is 4.90 Å². The predicted molar refractivity (Wildman–Crippen MR) is 76.8 cm³/mol. The Bertz CT molecular complexity index is 553. The summed E-state index contributed by atoms with van der Waals surface area (Å²) in [5.74, 6) is -2.24. The largest absolute Gasteiger partial charge is 0.481 e. The molecule has 1 aromatic rings. The van der Waals surface area contributed by atoms with E-state index in [1.165, 1.54) is 18.2 Å². The molecule has 5 nitrogen and oxygen atoms in total. The monoisotopic (exact) mass is 314 g/mol. The molecule has 1 amide bonds. The Balaban J connectivity index is 1.92. The molecule has 1 fully saturated rings. The second kappa shape index (κ2) is 6.87. The number of likely N-dealkylation sites (tertiary alicyclic amines) is 1. The number of halogens is 2. The molecule has 0 aliphatic carbocycles. The Hall–Kier alpha value is -1.66. The van der Waals surface area contributed by atoms with Crippen LogP contribution < -0.4 is 5.32 Å². The number of carbonyl (C=O) groups is 2. The number of rotatable bonds is 4. The van der Waals surface area contributed by atoms with Gasteiger partial charge in [0.15, 0.2) is 0 Å². The summed E-state index contributed by atoms with van der Waals surface area (Å²) < 4.78 is 13.5. The lowest BCUT2D eigenvalue weighted by Crippen LogP contribution is -2.42. The zero-order valence-corrected chi connectivity index (χ0v) is 12.1. The molecule has 1 aliphatic heterocycles. The Morgan fingerprint density at radius 1 is 1.48 bits per heavy atom. The van der Waals surface area contributed by atoms with Crippen molar-refractivity contribution in [3.8, 4) is 0 Å². The molecule has 0 aromatic heterocycles. The molecule has 0 radical (unpaired) electrons. The number of benzene rings is 1. The lowest BCUT2D eigenvalue weighted by Gasteiger charge is -2.29. The van der Waals surface area contributed by atoms with Crippen molar-refractivity contribution in [1.82, 2.24) is 4.90 Å². The Morgan fingerprint density at radius 2 is 2.24 bits per heavy atom. The number of carboxylic acids is 1. The van der Waals surface area contributed by atoms with Crippen molar-refractivity contribution in [3.63, 3.8) is 0 Å². The molecule has 0 saturated carbocycles. The first kappa shape index (κ1) is 15.7. The molecule has 1 unspecified atom stereocenters. The lowest BCUT2D eigenvalue weighted by atomic mass is 9.98. The van der Waals surface area contributed by atoms with Gasteiger partial charge in [-0.15, -0.1) is 0 Å². The maximum Gasteiger partial charge on any atom is 0.307 e. The van der Waals surface area contributed by atoms with E-state index in [9.17, 15) is 14.0 Å². The van der Waals surface area contributed by atoms with Gasteiger partial charge in [0.05, 0.1) is 18.2 Å². The highest BCUT2D eigenvalue weighted by Crippen LogP contribution is 2.20. The van der Waals surface area contributed by atoms with Crippen molar-refractivity contribution >= 4 is 29.2 Å². The van der Waals surface area contributed by atoms with E-state index in [-0.39, 0.29) is 18.1 Å². The van der Waals surface area contributed by atoms with Crippen molar-refractivity contribution in [2.45, 2.75) is 12.8 Å². The summed E-state index contributed by atoms with van der Waals surface area (Å²) in [6, 6.07) is 3.92. The summed E-state index contributed by atoms with van der Waals surface area (Å²) in [5, 5.41) is 11.8. The molecule has 1 aliphatic rings. The van der Waals surface area contributed by atoms with Gasteiger partial charge in [0, 0.05) is 11.6 Å². The molecule has 1 atom stereocenters. The van der Waals surface area contributed by atoms with Gasteiger partial charge >= 0.3 is 5.97 Å². The Morgan fingerprint density at radius 3 is 2.95 bits per heavy atom. The van der Waals surface area contributed by atoms with Crippen LogP contribution in [0.3, 0.4) is 0 Å². The predicted octanol–water partition coefficient (Wildman–Crippen LogP) is 2.21. The zero-order chi connectivity index (χ0) is 15.4. The van der Waals surface area contributed by atoms with Crippen LogP contribution in [0.25, 0.3) is 0 Å². The van der Waals surface area contributed by atoms with Crippen LogP contribution >= 0.6 is 11.6 Å². The van der Waals surface area contributed by atoms with Crippen molar-refractivity contribution in [1.29, 1.82) is 0 Å². The molecule has 0 bridgehead atoms. The Labute approximate surface area is 126 Å². The van der Waals surface area contributed by atoms with Crippen molar-refractivity contribution in [3.05, 3.63) is 29.0 Å². The fourth-order valence-electron chi connectivity index (χ4n) is 2.39. The number of nitrogens with zero attached hydrogens (tertiary/aromatic N) is 1. The van der Waals surface area contributed by atoms with Crippen molar-refractivity contribution in [2.75, 3.05) is 25.0 Å². The standard InChI is InChI=1S/C14H16ClFN2O3/c15-10-3-4-11(16)12(6-10)17-13(19)8-18-5-1-2-9(7-18)14(20)21/h3-4,6,9H,1-2,5,7-8H2,(H,17,19)(H,20,21). The number of nitrogens with one attached hydrogen (secondary N) is 1. The van der Waals surface area contributed by atoms with Gasteiger partial charge in [-0.2, -0.15) is 0 Å². The number of carboxylic acid groups (broad SMARTS) is 1. The number of hydrogen-bond acceptors (Lipinski definition) is 3.